The minimum Gasteiger partial charge on any atom is -0.327 e. The van der Waals surface area contributed by atoms with Crippen molar-refractivity contribution in [2.24, 2.45) is 7.05 Å². The van der Waals surface area contributed by atoms with E-state index in [-0.39, 0.29) is 11.7 Å². The molecule has 144 valence electrons. The van der Waals surface area contributed by atoms with E-state index < -0.39 is 0 Å². The van der Waals surface area contributed by atoms with Crippen molar-refractivity contribution in [1.82, 2.24) is 14.8 Å². The zero-order chi connectivity index (χ0) is 19.4. The summed E-state index contributed by atoms with van der Waals surface area (Å²) in [5.41, 5.74) is 1.37. The lowest BCUT2D eigenvalue weighted by Gasteiger charge is -2.28. The van der Waals surface area contributed by atoms with E-state index in [0.717, 1.165) is 42.6 Å². The van der Waals surface area contributed by atoms with Gasteiger partial charge in [-0.05, 0) is 37.4 Å². The molecule has 0 bridgehead atoms. The van der Waals surface area contributed by atoms with Crippen molar-refractivity contribution in [2.45, 2.75) is 30.8 Å². The highest BCUT2D eigenvalue weighted by Crippen LogP contribution is 2.24. The standard InChI is InChI=1S/C19H25N5O2S/c1-13(25)14-4-6-16(7-5-14)20-17(26)12-24-10-8-15(9-11-24)18-21-22-19(27-3)23(18)2/h4-7,15H,8-12H2,1-3H3,(H,20,26)/p+1. The van der Waals surface area contributed by atoms with Gasteiger partial charge in [-0.1, -0.05) is 11.8 Å². The van der Waals surface area contributed by atoms with Gasteiger partial charge in [-0.3, -0.25) is 9.59 Å². The number of nitrogens with zero attached hydrogens (tertiary/aromatic N) is 3. The fraction of sp³-hybridized carbons (Fsp3) is 0.474. The molecule has 0 aliphatic carbocycles. The van der Waals surface area contributed by atoms with Crippen LogP contribution in [0.5, 0.6) is 0 Å². The Morgan fingerprint density at radius 1 is 1.22 bits per heavy atom. The smallest absolute Gasteiger partial charge is 0.279 e. The Labute approximate surface area is 163 Å². The van der Waals surface area contributed by atoms with Gasteiger partial charge >= 0.3 is 0 Å². The number of piperidine rings is 1. The number of anilines is 1. The number of amides is 1. The van der Waals surface area contributed by atoms with Gasteiger partial charge < -0.3 is 14.8 Å². The van der Waals surface area contributed by atoms with Crippen LogP contribution in [0.25, 0.3) is 0 Å². The van der Waals surface area contributed by atoms with Gasteiger partial charge in [0.25, 0.3) is 5.91 Å². The number of benzene rings is 1. The van der Waals surface area contributed by atoms with E-state index in [1.165, 1.54) is 11.8 Å². The Kier molecular flexibility index (Phi) is 6.28. The van der Waals surface area contributed by atoms with Crippen LogP contribution in [0.4, 0.5) is 5.69 Å². The summed E-state index contributed by atoms with van der Waals surface area (Å²) in [5.74, 6) is 1.48. The maximum absolute atomic E-state index is 12.3. The van der Waals surface area contributed by atoms with Gasteiger partial charge in [0.05, 0.1) is 13.1 Å². The van der Waals surface area contributed by atoms with Gasteiger partial charge in [0.1, 0.15) is 5.82 Å². The summed E-state index contributed by atoms with van der Waals surface area (Å²) in [5, 5.41) is 12.4. The average Bonchev–Trinajstić information content (AvgIpc) is 3.03. The van der Waals surface area contributed by atoms with Crippen molar-refractivity contribution in [3.05, 3.63) is 35.7 Å². The molecule has 1 aliphatic heterocycles. The van der Waals surface area contributed by atoms with E-state index in [1.807, 2.05) is 13.3 Å². The number of Topliss-reactive ketones (excluding diaryl/α,β-unsaturated/α-hetero) is 1. The van der Waals surface area contributed by atoms with Crippen LogP contribution in [0.2, 0.25) is 0 Å². The number of nitrogens with one attached hydrogen (secondary N) is 2. The lowest BCUT2D eigenvalue weighted by molar-refractivity contribution is -0.897. The summed E-state index contributed by atoms with van der Waals surface area (Å²) in [6, 6.07) is 7.02. The van der Waals surface area contributed by atoms with Gasteiger partial charge in [0, 0.05) is 37.1 Å². The van der Waals surface area contributed by atoms with E-state index in [0.29, 0.717) is 18.0 Å². The maximum Gasteiger partial charge on any atom is 0.279 e. The summed E-state index contributed by atoms with van der Waals surface area (Å²) in [6.07, 6.45) is 4.03. The molecule has 1 aromatic carbocycles. The number of hydrogen-bond donors (Lipinski definition) is 2. The molecule has 1 aromatic heterocycles. The predicted molar refractivity (Wildman–Crippen MR) is 105 cm³/mol. The first kappa shape index (κ1) is 19.6. The van der Waals surface area contributed by atoms with Crippen LogP contribution in [0, 0.1) is 0 Å². The average molecular weight is 389 g/mol. The molecule has 27 heavy (non-hydrogen) atoms. The Bertz CT molecular complexity index is 810. The molecule has 0 unspecified atom stereocenters. The van der Waals surface area contributed by atoms with Crippen LogP contribution in [0.15, 0.2) is 29.4 Å². The van der Waals surface area contributed by atoms with Crippen molar-refractivity contribution in [3.8, 4) is 0 Å². The summed E-state index contributed by atoms with van der Waals surface area (Å²) >= 11 is 1.60. The number of hydrogen-bond acceptors (Lipinski definition) is 5. The minimum absolute atomic E-state index is 0.00218. The van der Waals surface area contributed by atoms with E-state index in [2.05, 4.69) is 20.1 Å². The normalized spacial score (nSPS) is 19.7. The van der Waals surface area contributed by atoms with E-state index >= 15 is 0 Å². The molecule has 0 radical (unpaired) electrons. The van der Waals surface area contributed by atoms with Crippen molar-refractivity contribution < 1.29 is 14.5 Å². The van der Waals surface area contributed by atoms with Gasteiger partial charge in [0.15, 0.2) is 17.5 Å². The number of aromatic nitrogens is 3. The molecule has 7 nitrogen and oxygen atoms in total. The fourth-order valence-electron chi connectivity index (χ4n) is 3.54. The third kappa shape index (κ3) is 4.75. The zero-order valence-electron chi connectivity index (χ0n) is 16.0. The summed E-state index contributed by atoms with van der Waals surface area (Å²) in [4.78, 5) is 24.9. The molecule has 1 aliphatic rings. The SMILES string of the molecule is CSc1nnc(C2CC[NH+](CC(=O)Nc3ccc(C(C)=O)cc3)CC2)n1C. The van der Waals surface area contributed by atoms with Crippen LogP contribution in [-0.2, 0) is 11.8 Å². The van der Waals surface area contributed by atoms with Crippen molar-refractivity contribution in [1.29, 1.82) is 0 Å². The molecule has 0 spiro atoms. The topological polar surface area (TPSA) is 81.3 Å². The quantitative estimate of drug-likeness (QED) is 0.573. The number of rotatable bonds is 6. The number of carbonyl (C=O) groups excluding carboxylic acids is 2. The van der Waals surface area contributed by atoms with Gasteiger partial charge in [-0.15, -0.1) is 10.2 Å². The Morgan fingerprint density at radius 2 is 1.89 bits per heavy atom. The van der Waals surface area contributed by atoms with Gasteiger partial charge in [-0.2, -0.15) is 0 Å². The molecule has 0 atom stereocenters. The molecule has 2 aromatic rings. The highest BCUT2D eigenvalue weighted by molar-refractivity contribution is 7.98. The molecule has 3 rings (SSSR count). The molecule has 1 saturated heterocycles. The second-order valence-corrected chi connectivity index (χ2v) is 7.76. The summed E-state index contributed by atoms with van der Waals surface area (Å²) in [7, 11) is 2.02. The highest BCUT2D eigenvalue weighted by Gasteiger charge is 2.28. The van der Waals surface area contributed by atoms with E-state index in [9.17, 15) is 9.59 Å². The van der Waals surface area contributed by atoms with Gasteiger partial charge in [-0.25, -0.2) is 0 Å². The Balaban J connectivity index is 1.49. The molecular weight excluding hydrogens is 362 g/mol. The fourth-order valence-corrected chi connectivity index (χ4v) is 4.03. The van der Waals surface area contributed by atoms with Crippen molar-refractivity contribution in [3.63, 3.8) is 0 Å². The minimum atomic E-state index is 0.00218. The lowest BCUT2D eigenvalue weighted by atomic mass is 9.96. The first-order valence-electron chi connectivity index (χ1n) is 9.15. The summed E-state index contributed by atoms with van der Waals surface area (Å²) < 4.78 is 2.08. The van der Waals surface area contributed by atoms with Crippen LogP contribution in [-0.4, -0.2) is 52.3 Å². The van der Waals surface area contributed by atoms with Crippen LogP contribution in [0.1, 0.15) is 41.9 Å². The largest absolute Gasteiger partial charge is 0.327 e. The first-order chi connectivity index (χ1) is 13.0. The third-order valence-electron chi connectivity index (χ3n) is 5.09. The zero-order valence-corrected chi connectivity index (χ0v) is 16.8. The Hall–Kier alpha value is -2.19. The monoisotopic (exact) mass is 388 g/mol. The number of likely N-dealkylation sites (tertiary alicyclic amines) is 1. The highest BCUT2D eigenvalue weighted by atomic mass is 32.2. The van der Waals surface area contributed by atoms with Crippen molar-refractivity contribution in [2.75, 3.05) is 31.2 Å². The lowest BCUT2D eigenvalue weighted by Crippen LogP contribution is -3.14. The second-order valence-electron chi connectivity index (χ2n) is 6.99. The molecule has 1 amide bonds. The van der Waals surface area contributed by atoms with Crippen LogP contribution in [0.3, 0.4) is 0 Å². The molecular formula is C19H26N5O2S+. The molecule has 1 fully saturated rings. The molecule has 0 saturated carbocycles. The van der Waals surface area contributed by atoms with Crippen LogP contribution < -0.4 is 10.2 Å². The second kappa shape index (κ2) is 8.67. The number of ketones is 1. The number of carbonyl (C=O) groups is 2. The van der Waals surface area contributed by atoms with Crippen molar-refractivity contribution >= 4 is 29.1 Å². The number of quaternary nitrogens is 1. The third-order valence-corrected chi connectivity index (χ3v) is 5.82. The molecule has 8 heteroatoms. The Morgan fingerprint density at radius 3 is 2.44 bits per heavy atom. The summed E-state index contributed by atoms with van der Waals surface area (Å²) in [6.45, 7) is 3.88. The van der Waals surface area contributed by atoms with Crippen LogP contribution >= 0.6 is 11.8 Å². The maximum atomic E-state index is 12.3. The van der Waals surface area contributed by atoms with E-state index in [4.69, 9.17) is 0 Å². The molecule has 2 heterocycles. The predicted octanol–water partition coefficient (Wildman–Crippen LogP) is 1.14. The van der Waals surface area contributed by atoms with E-state index in [1.54, 1.807) is 36.0 Å². The van der Waals surface area contributed by atoms with Gasteiger partial charge in [0.2, 0.25) is 0 Å². The number of thioether (sulfide) groups is 1. The first-order valence-corrected chi connectivity index (χ1v) is 10.4. The molecule has 2 N–H and O–H groups in total.